The molecule has 0 aliphatic rings. The van der Waals surface area contributed by atoms with Gasteiger partial charge in [-0.25, -0.2) is 0 Å². The van der Waals surface area contributed by atoms with E-state index in [0.717, 1.165) is 6.54 Å². The number of rotatable bonds is 6. The molecule has 0 amide bonds. The van der Waals surface area contributed by atoms with Crippen LogP contribution in [0.3, 0.4) is 0 Å². The minimum absolute atomic E-state index is 0.573. The number of fused-ring (bicyclic) bond motifs is 1. The van der Waals surface area contributed by atoms with Crippen molar-refractivity contribution in [1.82, 2.24) is 5.32 Å². The zero-order valence-electron chi connectivity index (χ0n) is 12.4. The van der Waals surface area contributed by atoms with Gasteiger partial charge in [-0.3, -0.25) is 0 Å². The Morgan fingerprint density at radius 3 is 2.58 bits per heavy atom. The maximum Gasteiger partial charge on any atom is 0.0345 e. The van der Waals surface area contributed by atoms with Crippen molar-refractivity contribution < 1.29 is 0 Å². The van der Waals surface area contributed by atoms with Crippen LogP contribution in [-0.4, -0.2) is 12.6 Å². The lowest BCUT2D eigenvalue weighted by molar-refractivity contribution is 0.293. The van der Waals surface area contributed by atoms with Crippen LogP contribution in [0.25, 0.3) is 10.1 Å². The Bertz CT molecular complexity index is 515. The molecule has 0 saturated carbocycles. The molecule has 0 saturated heterocycles. The van der Waals surface area contributed by atoms with Crippen LogP contribution < -0.4 is 5.32 Å². The van der Waals surface area contributed by atoms with Crippen molar-refractivity contribution >= 4 is 21.4 Å². The van der Waals surface area contributed by atoms with Crippen molar-refractivity contribution in [3.8, 4) is 0 Å². The Labute approximate surface area is 121 Å². The molecule has 1 aromatic heterocycles. The standard InChI is InChI=1S/C17H25NS/c1-5-18-13(4)16(12(2)3)10-14-11-19-17-9-7-6-8-15(14)17/h6-9,11-13,16,18H,5,10H2,1-4H3. The Morgan fingerprint density at radius 2 is 1.89 bits per heavy atom. The Kier molecular flexibility index (Phi) is 5.00. The van der Waals surface area contributed by atoms with Gasteiger partial charge >= 0.3 is 0 Å². The van der Waals surface area contributed by atoms with Crippen molar-refractivity contribution in [3.05, 3.63) is 35.2 Å². The highest BCUT2D eigenvalue weighted by Crippen LogP contribution is 2.30. The molecule has 1 aromatic carbocycles. The molecule has 104 valence electrons. The molecule has 0 fully saturated rings. The fraction of sp³-hybridized carbons (Fsp3) is 0.529. The van der Waals surface area contributed by atoms with Crippen molar-refractivity contribution in [1.29, 1.82) is 0 Å². The topological polar surface area (TPSA) is 12.0 Å². The van der Waals surface area contributed by atoms with Crippen molar-refractivity contribution in [2.45, 2.75) is 40.2 Å². The second-order valence-corrected chi connectivity index (χ2v) is 6.63. The average Bonchev–Trinajstić information content (AvgIpc) is 2.79. The summed E-state index contributed by atoms with van der Waals surface area (Å²) >= 11 is 1.87. The molecule has 2 heteroatoms. The summed E-state index contributed by atoms with van der Waals surface area (Å²) in [5, 5.41) is 7.38. The summed E-state index contributed by atoms with van der Waals surface area (Å²) in [6.07, 6.45) is 1.18. The number of thiophene rings is 1. The summed E-state index contributed by atoms with van der Waals surface area (Å²) in [5.74, 6) is 1.39. The zero-order valence-corrected chi connectivity index (χ0v) is 13.3. The predicted octanol–water partition coefficient (Wildman–Crippen LogP) is 4.71. The lowest BCUT2D eigenvalue weighted by Gasteiger charge is -2.28. The van der Waals surface area contributed by atoms with Gasteiger partial charge in [0.05, 0.1) is 0 Å². The first-order valence-corrected chi connectivity index (χ1v) is 8.20. The minimum atomic E-state index is 0.573. The Hall–Kier alpha value is -0.860. The number of hydrogen-bond donors (Lipinski definition) is 1. The van der Waals surface area contributed by atoms with Crippen LogP contribution in [-0.2, 0) is 6.42 Å². The first kappa shape index (κ1) is 14.5. The lowest BCUT2D eigenvalue weighted by Crippen LogP contribution is -2.37. The van der Waals surface area contributed by atoms with Gasteiger partial charge in [0.1, 0.15) is 0 Å². The van der Waals surface area contributed by atoms with E-state index in [1.54, 1.807) is 0 Å². The van der Waals surface area contributed by atoms with Crippen molar-refractivity contribution in [2.75, 3.05) is 6.54 Å². The molecule has 2 unspecified atom stereocenters. The average molecular weight is 275 g/mol. The van der Waals surface area contributed by atoms with Gasteiger partial charge in [-0.2, -0.15) is 0 Å². The van der Waals surface area contributed by atoms with Crippen LogP contribution in [0, 0.1) is 11.8 Å². The second kappa shape index (κ2) is 6.53. The van der Waals surface area contributed by atoms with E-state index in [2.05, 4.69) is 62.7 Å². The summed E-state index contributed by atoms with van der Waals surface area (Å²) in [4.78, 5) is 0. The first-order chi connectivity index (χ1) is 9.13. The van der Waals surface area contributed by atoms with Crippen molar-refractivity contribution in [2.24, 2.45) is 11.8 Å². The molecule has 1 heterocycles. The van der Waals surface area contributed by atoms with Crippen LogP contribution in [0.1, 0.15) is 33.3 Å². The normalized spacial score (nSPS) is 15.0. The summed E-state index contributed by atoms with van der Waals surface area (Å²) in [7, 11) is 0. The van der Waals surface area contributed by atoms with Gasteiger partial charge in [0, 0.05) is 10.7 Å². The van der Waals surface area contributed by atoms with Crippen molar-refractivity contribution in [3.63, 3.8) is 0 Å². The summed E-state index contributed by atoms with van der Waals surface area (Å²) in [6.45, 7) is 10.2. The number of nitrogens with one attached hydrogen (secondary N) is 1. The van der Waals surface area contributed by atoms with E-state index >= 15 is 0 Å². The third kappa shape index (κ3) is 3.37. The number of benzene rings is 1. The van der Waals surface area contributed by atoms with E-state index in [9.17, 15) is 0 Å². The molecule has 0 bridgehead atoms. The largest absolute Gasteiger partial charge is 0.314 e. The van der Waals surface area contributed by atoms with E-state index in [1.165, 1.54) is 22.1 Å². The molecule has 0 aliphatic carbocycles. The van der Waals surface area contributed by atoms with Gasteiger partial charge in [-0.1, -0.05) is 39.0 Å². The third-order valence-corrected chi connectivity index (χ3v) is 5.05. The third-order valence-electron chi connectivity index (χ3n) is 4.04. The monoisotopic (exact) mass is 275 g/mol. The van der Waals surface area contributed by atoms with E-state index in [4.69, 9.17) is 0 Å². The van der Waals surface area contributed by atoms with Crippen LogP contribution in [0.15, 0.2) is 29.6 Å². The molecule has 2 rings (SSSR count). The quantitative estimate of drug-likeness (QED) is 0.804. The molecule has 2 atom stereocenters. The fourth-order valence-corrected chi connectivity index (χ4v) is 3.88. The Morgan fingerprint density at radius 1 is 1.16 bits per heavy atom. The van der Waals surface area contributed by atoms with E-state index in [-0.39, 0.29) is 0 Å². The molecule has 0 radical (unpaired) electrons. The fourth-order valence-electron chi connectivity index (χ4n) is 2.91. The SMILES string of the molecule is CCNC(C)C(Cc1csc2ccccc12)C(C)C. The molecule has 0 spiro atoms. The first-order valence-electron chi connectivity index (χ1n) is 7.32. The molecule has 0 aliphatic heterocycles. The highest BCUT2D eigenvalue weighted by molar-refractivity contribution is 7.17. The van der Waals surface area contributed by atoms with Crippen LogP contribution >= 0.6 is 11.3 Å². The second-order valence-electron chi connectivity index (χ2n) is 5.72. The van der Waals surface area contributed by atoms with E-state index in [0.29, 0.717) is 17.9 Å². The molecule has 19 heavy (non-hydrogen) atoms. The van der Waals surface area contributed by atoms with Gasteiger partial charge in [0.25, 0.3) is 0 Å². The molecule has 1 nitrogen and oxygen atoms in total. The van der Waals surface area contributed by atoms with Crippen LogP contribution in [0.5, 0.6) is 0 Å². The predicted molar refractivity (Wildman–Crippen MR) is 87.0 cm³/mol. The van der Waals surface area contributed by atoms with Gasteiger partial charge in [0.15, 0.2) is 0 Å². The maximum atomic E-state index is 3.59. The summed E-state index contributed by atoms with van der Waals surface area (Å²) in [6, 6.07) is 9.34. The van der Waals surface area contributed by atoms with Gasteiger partial charge in [-0.05, 0) is 54.1 Å². The van der Waals surface area contributed by atoms with Gasteiger partial charge in [0.2, 0.25) is 0 Å². The van der Waals surface area contributed by atoms with Gasteiger partial charge in [-0.15, -0.1) is 11.3 Å². The highest BCUT2D eigenvalue weighted by atomic mass is 32.1. The lowest BCUT2D eigenvalue weighted by atomic mass is 9.84. The zero-order chi connectivity index (χ0) is 13.8. The van der Waals surface area contributed by atoms with E-state index in [1.807, 2.05) is 11.3 Å². The van der Waals surface area contributed by atoms with E-state index < -0.39 is 0 Å². The van der Waals surface area contributed by atoms with Gasteiger partial charge < -0.3 is 5.32 Å². The molecule has 1 N–H and O–H groups in total. The molecular formula is C17H25NS. The summed E-state index contributed by atoms with van der Waals surface area (Å²) in [5.41, 5.74) is 1.52. The highest BCUT2D eigenvalue weighted by Gasteiger charge is 2.21. The smallest absolute Gasteiger partial charge is 0.0345 e. The number of hydrogen-bond acceptors (Lipinski definition) is 2. The molecule has 2 aromatic rings. The molecular weight excluding hydrogens is 250 g/mol. The van der Waals surface area contributed by atoms with Crippen LogP contribution in [0.4, 0.5) is 0 Å². The van der Waals surface area contributed by atoms with Crippen LogP contribution in [0.2, 0.25) is 0 Å². The maximum absolute atomic E-state index is 3.59. The summed E-state index contributed by atoms with van der Waals surface area (Å²) < 4.78 is 1.41. The minimum Gasteiger partial charge on any atom is -0.314 e. The Balaban J connectivity index is 2.21.